The highest BCUT2D eigenvalue weighted by Gasteiger charge is 2.82. The zero-order chi connectivity index (χ0) is 21.7. The number of hydrogen-bond donors (Lipinski definition) is 3. The fourth-order valence-corrected chi connectivity index (χ4v) is 6.41. The van der Waals surface area contributed by atoms with E-state index in [4.69, 9.17) is 9.47 Å². The maximum Gasteiger partial charge on any atom is 0.302 e. The molecule has 0 aromatic heterocycles. The summed E-state index contributed by atoms with van der Waals surface area (Å²) in [5.74, 6) is -2.10. The molecule has 1 saturated heterocycles. The molecule has 10 atom stereocenters. The average molecular weight is 408 g/mol. The number of Topliss-reactive ketones (excluding diaryl/α,β-unsaturated/α-hetero) is 1. The van der Waals surface area contributed by atoms with Crippen LogP contribution in [-0.4, -0.2) is 62.7 Å². The van der Waals surface area contributed by atoms with E-state index in [2.05, 4.69) is 0 Å². The molecule has 0 bridgehead atoms. The van der Waals surface area contributed by atoms with Crippen LogP contribution in [0.3, 0.4) is 0 Å². The van der Waals surface area contributed by atoms with E-state index in [1.165, 1.54) is 6.92 Å². The summed E-state index contributed by atoms with van der Waals surface area (Å²) >= 11 is 0. The van der Waals surface area contributed by atoms with Gasteiger partial charge in [-0.2, -0.15) is 0 Å². The van der Waals surface area contributed by atoms with Gasteiger partial charge in [-0.1, -0.05) is 27.7 Å². The fourth-order valence-electron chi connectivity index (χ4n) is 6.41. The summed E-state index contributed by atoms with van der Waals surface area (Å²) in [7, 11) is 0. The van der Waals surface area contributed by atoms with Crippen molar-refractivity contribution in [1.29, 1.82) is 0 Å². The molecule has 0 radical (unpaired) electrons. The summed E-state index contributed by atoms with van der Waals surface area (Å²) in [6.07, 6.45) is -1.86. The molecule has 0 unspecified atom stereocenters. The van der Waals surface area contributed by atoms with Crippen molar-refractivity contribution in [2.24, 2.45) is 29.1 Å². The number of aliphatic hydroxyl groups is 3. The number of carbonyl (C=O) groups is 2. The number of rotatable bonds is 1. The summed E-state index contributed by atoms with van der Waals surface area (Å²) in [4.78, 5) is 25.5. The van der Waals surface area contributed by atoms with Gasteiger partial charge >= 0.3 is 5.97 Å². The normalized spacial score (nSPS) is 54.8. The first-order valence-corrected chi connectivity index (χ1v) is 10.5. The van der Waals surface area contributed by atoms with Crippen LogP contribution in [0.1, 0.15) is 48.0 Å². The Balaban J connectivity index is 1.83. The van der Waals surface area contributed by atoms with Gasteiger partial charge in [0.1, 0.15) is 12.2 Å². The highest BCUT2D eigenvalue weighted by Crippen LogP contribution is 2.67. The van der Waals surface area contributed by atoms with E-state index in [-0.39, 0.29) is 23.5 Å². The molecule has 1 heterocycles. The van der Waals surface area contributed by atoms with Crippen molar-refractivity contribution >= 4 is 11.8 Å². The van der Waals surface area contributed by atoms with Gasteiger partial charge in [0, 0.05) is 18.8 Å². The van der Waals surface area contributed by atoms with E-state index in [0.29, 0.717) is 12.0 Å². The Labute approximate surface area is 171 Å². The van der Waals surface area contributed by atoms with Crippen LogP contribution < -0.4 is 0 Å². The lowest BCUT2D eigenvalue weighted by molar-refractivity contribution is -0.154. The molecule has 29 heavy (non-hydrogen) atoms. The van der Waals surface area contributed by atoms with Crippen LogP contribution >= 0.6 is 0 Å². The molecule has 7 heteroatoms. The maximum absolute atomic E-state index is 13.7. The molecule has 0 aromatic rings. The van der Waals surface area contributed by atoms with Crippen molar-refractivity contribution in [3.8, 4) is 0 Å². The Morgan fingerprint density at radius 2 is 1.83 bits per heavy atom. The second-order valence-corrected chi connectivity index (χ2v) is 10.3. The van der Waals surface area contributed by atoms with Gasteiger partial charge in [0.25, 0.3) is 0 Å². The first-order valence-electron chi connectivity index (χ1n) is 10.5. The molecule has 162 valence electrons. The monoisotopic (exact) mass is 408 g/mol. The quantitative estimate of drug-likeness (QED) is 0.336. The van der Waals surface area contributed by atoms with Crippen molar-refractivity contribution in [2.75, 3.05) is 0 Å². The number of fused-ring (bicyclic) bond motifs is 1. The Morgan fingerprint density at radius 3 is 2.41 bits per heavy atom. The molecule has 4 rings (SSSR count). The van der Waals surface area contributed by atoms with Crippen molar-refractivity contribution in [3.63, 3.8) is 0 Å². The average Bonchev–Trinajstić information content (AvgIpc) is 3.43. The zero-order valence-corrected chi connectivity index (χ0v) is 17.9. The minimum Gasteiger partial charge on any atom is -0.461 e. The fraction of sp³-hybridized carbons (Fsp3) is 0.818. The third-order valence-electron chi connectivity index (χ3n) is 8.08. The summed E-state index contributed by atoms with van der Waals surface area (Å²) in [5, 5.41) is 32.6. The number of carbonyl (C=O) groups excluding carboxylic acids is 2. The van der Waals surface area contributed by atoms with Crippen LogP contribution in [0.15, 0.2) is 11.6 Å². The molecule has 0 amide bonds. The molecule has 7 nitrogen and oxygen atoms in total. The predicted octanol–water partition coefficient (Wildman–Crippen LogP) is 0.986. The molecule has 0 spiro atoms. The maximum atomic E-state index is 13.7. The molecule has 3 aliphatic carbocycles. The predicted molar refractivity (Wildman–Crippen MR) is 103 cm³/mol. The van der Waals surface area contributed by atoms with Crippen LogP contribution in [0.2, 0.25) is 0 Å². The lowest BCUT2D eigenvalue weighted by Gasteiger charge is -2.26. The Morgan fingerprint density at radius 1 is 1.21 bits per heavy atom. The minimum absolute atomic E-state index is 0.161. The number of aliphatic hydroxyl groups excluding tert-OH is 3. The van der Waals surface area contributed by atoms with Gasteiger partial charge in [-0.05, 0) is 36.3 Å². The van der Waals surface area contributed by atoms with Crippen LogP contribution in [0, 0.1) is 29.1 Å². The smallest absolute Gasteiger partial charge is 0.302 e. The summed E-state index contributed by atoms with van der Waals surface area (Å²) in [6, 6.07) is 0. The van der Waals surface area contributed by atoms with E-state index in [1.54, 1.807) is 19.9 Å². The van der Waals surface area contributed by atoms with E-state index < -0.39 is 52.9 Å². The van der Waals surface area contributed by atoms with Crippen LogP contribution in [0.5, 0.6) is 0 Å². The van der Waals surface area contributed by atoms with Gasteiger partial charge in [0.2, 0.25) is 0 Å². The first kappa shape index (κ1) is 21.0. The topological polar surface area (TPSA) is 117 Å². The largest absolute Gasteiger partial charge is 0.461 e. The highest BCUT2D eigenvalue weighted by atomic mass is 16.7. The lowest BCUT2D eigenvalue weighted by Crippen LogP contribution is -2.43. The molecule has 3 N–H and O–H groups in total. The first-order chi connectivity index (χ1) is 13.3. The Bertz CT molecular complexity index is 788. The van der Waals surface area contributed by atoms with Crippen molar-refractivity contribution < 1.29 is 34.4 Å². The molecular formula is C22H32O7. The van der Waals surface area contributed by atoms with Gasteiger partial charge in [0.15, 0.2) is 17.0 Å². The Kier molecular flexibility index (Phi) is 4.43. The number of ether oxygens (including phenoxy) is 2. The number of esters is 1. The molecule has 3 fully saturated rings. The molecule has 4 aliphatic rings. The molecule has 2 saturated carbocycles. The molecule has 0 aromatic carbocycles. The van der Waals surface area contributed by atoms with Gasteiger partial charge in [-0.25, -0.2) is 0 Å². The minimum atomic E-state index is -1.20. The summed E-state index contributed by atoms with van der Waals surface area (Å²) in [6.45, 7) is 10.5. The second kappa shape index (κ2) is 6.13. The number of ketones is 1. The van der Waals surface area contributed by atoms with Gasteiger partial charge < -0.3 is 24.8 Å². The van der Waals surface area contributed by atoms with E-state index in [9.17, 15) is 24.9 Å². The second-order valence-electron chi connectivity index (χ2n) is 10.3. The van der Waals surface area contributed by atoms with Gasteiger partial charge in [-0.15, -0.1) is 0 Å². The van der Waals surface area contributed by atoms with Gasteiger partial charge in [0.05, 0.1) is 18.1 Å². The van der Waals surface area contributed by atoms with Crippen molar-refractivity contribution in [2.45, 2.75) is 83.6 Å². The van der Waals surface area contributed by atoms with Crippen molar-refractivity contribution in [1.82, 2.24) is 0 Å². The third kappa shape index (κ3) is 2.57. The van der Waals surface area contributed by atoms with E-state index in [1.807, 2.05) is 20.8 Å². The summed E-state index contributed by atoms with van der Waals surface area (Å²) < 4.78 is 11.6. The lowest BCUT2D eigenvalue weighted by atomic mass is 9.80. The molecule has 1 aliphatic heterocycles. The van der Waals surface area contributed by atoms with Gasteiger partial charge in [-0.3, -0.25) is 9.59 Å². The third-order valence-corrected chi connectivity index (χ3v) is 8.08. The van der Waals surface area contributed by atoms with Crippen LogP contribution in [0.4, 0.5) is 0 Å². The Hall–Kier alpha value is -1.28. The highest BCUT2D eigenvalue weighted by molar-refractivity contribution is 5.96. The SMILES string of the molecule is CC(=O)O[C@@H]1[C@@H]2[C@H]([C@H](O)[C@H](O)/C(C)=C/[C@@]34O[C@@]3(C[C@H](C)[C@@H]4O)C(=O)[C@@H]1C)C2(C)C. The van der Waals surface area contributed by atoms with E-state index in [0.717, 1.165) is 0 Å². The van der Waals surface area contributed by atoms with E-state index >= 15 is 0 Å². The van der Waals surface area contributed by atoms with Crippen LogP contribution in [0.25, 0.3) is 0 Å². The van der Waals surface area contributed by atoms with Crippen LogP contribution in [-0.2, 0) is 19.1 Å². The molecular weight excluding hydrogens is 376 g/mol. The zero-order valence-electron chi connectivity index (χ0n) is 17.9. The number of hydrogen-bond acceptors (Lipinski definition) is 7. The van der Waals surface area contributed by atoms with Crippen molar-refractivity contribution in [3.05, 3.63) is 11.6 Å². The summed E-state index contributed by atoms with van der Waals surface area (Å²) in [5.41, 5.74) is -2.32. The standard InChI is InChI=1S/C22H32O7/c1-9-7-21-18(26)10(2)8-22(21,29-21)19(27)11(3)17(28-12(4)23)14-13(20(14,5)6)16(25)15(9)24/h7,10-11,13-18,24-26H,8H2,1-6H3/b9-7+/t10-,11+,13+,14-,15+,16-,17-,18-,21-,22-/m0/s1. The number of epoxide rings is 1.